The van der Waals surface area contributed by atoms with E-state index in [2.05, 4.69) is 0 Å². The van der Waals surface area contributed by atoms with E-state index in [0.717, 1.165) is 5.56 Å². The van der Waals surface area contributed by atoms with Gasteiger partial charge in [0.05, 0.1) is 12.5 Å². The first-order valence-corrected chi connectivity index (χ1v) is 6.83. The van der Waals surface area contributed by atoms with E-state index in [9.17, 15) is 9.59 Å². The van der Waals surface area contributed by atoms with Gasteiger partial charge in [-0.2, -0.15) is 0 Å². The molecule has 20 heavy (non-hydrogen) atoms. The maximum Gasteiger partial charge on any atom is 0.410 e. The molecule has 1 fully saturated rings. The Morgan fingerprint density at radius 3 is 2.70 bits per heavy atom. The maximum absolute atomic E-state index is 11.9. The fourth-order valence-electron chi connectivity index (χ4n) is 2.19. The standard InChI is InChI=1S/C15H19NO4/c1-2-19-14(17)13-8-9-16(10-13)15(18)20-11-12-6-4-3-5-7-12/h3-7,13H,2,8-11H2,1H3/t13-/m0/s1. The van der Waals surface area contributed by atoms with Gasteiger partial charge in [-0.1, -0.05) is 30.3 Å². The number of carbonyl (C=O) groups is 2. The summed E-state index contributed by atoms with van der Waals surface area (Å²) in [6.45, 7) is 3.32. The van der Waals surface area contributed by atoms with Crippen molar-refractivity contribution in [1.82, 2.24) is 4.90 Å². The first-order chi connectivity index (χ1) is 9.70. The number of likely N-dealkylation sites (tertiary alicyclic amines) is 1. The van der Waals surface area contributed by atoms with Crippen molar-refractivity contribution in [3.8, 4) is 0 Å². The summed E-state index contributed by atoms with van der Waals surface area (Å²) < 4.78 is 10.2. The highest BCUT2D eigenvalue weighted by Crippen LogP contribution is 2.18. The van der Waals surface area contributed by atoms with E-state index in [1.54, 1.807) is 11.8 Å². The van der Waals surface area contributed by atoms with Crippen LogP contribution in [0.15, 0.2) is 30.3 Å². The minimum absolute atomic E-state index is 0.223. The molecule has 0 aliphatic carbocycles. The van der Waals surface area contributed by atoms with Gasteiger partial charge in [0.2, 0.25) is 0 Å². The summed E-state index contributed by atoms with van der Waals surface area (Å²) in [5.41, 5.74) is 0.946. The summed E-state index contributed by atoms with van der Waals surface area (Å²) in [6.07, 6.45) is 0.264. The summed E-state index contributed by atoms with van der Waals surface area (Å²) in [7, 11) is 0. The van der Waals surface area contributed by atoms with Crippen LogP contribution in [-0.2, 0) is 20.9 Å². The molecule has 0 radical (unpaired) electrons. The normalized spacial score (nSPS) is 17.9. The molecule has 0 spiro atoms. The Kier molecular flexibility index (Phi) is 4.98. The van der Waals surface area contributed by atoms with Crippen molar-refractivity contribution >= 4 is 12.1 Å². The third kappa shape index (κ3) is 3.73. The fraction of sp³-hybridized carbons (Fsp3) is 0.467. The Balaban J connectivity index is 1.78. The lowest BCUT2D eigenvalue weighted by Crippen LogP contribution is -2.30. The number of ether oxygens (including phenoxy) is 2. The van der Waals surface area contributed by atoms with Gasteiger partial charge in [0.15, 0.2) is 0 Å². The third-order valence-electron chi connectivity index (χ3n) is 3.27. The van der Waals surface area contributed by atoms with Crippen LogP contribution in [0.3, 0.4) is 0 Å². The van der Waals surface area contributed by atoms with E-state index in [0.29, 0.717) is 26.1 Å². The molecule has 108 valence electrons. The van der Waals surface area contributed by atoms with Gasteiger partial charge in [-0.3, -0.25) is 4.79 Å². The number of rotatable bonds is 4. The Morgan fingerprint density at radius 1 is 1.25 bits per heavy atom. The molecule has 0 saturated carbocycles. The predicted molar refractivity (Wildman–Crippen MR) is 72.9 cm³/mol. The average Bonchev–Trinajstić information content (AvgIpc) is 2.96. The van der Waals surface area contributed by atoms with Crippen molar-refractivity contribution in [1.29, 1.82) is 0 Å². The lowest BCUT2D eigenvalue weighted by atomic mass is 10.1. The van der Waals surface area contributed by atoms with Crippen LogP contribution in [0.4, 0.5) is 4.79 Å². The highest BCUT2D eigenvalue weighted by molar-refractivity contribution is 5.75. The summed E-state index contributed by atoms with van der Waals surface area (Å²) >= 11 is 0. The molecule has 5 nitrogen and oxygen atoms in total. The Morgan fingerprint density at radius 2 is 2.00 bits per heavy atom. The molecular formula is C15H19NO4. The lowest BCUT2D eigenvalue weighted by Gasteiger charge is -2.16. The summed E-state index contributed by atoms with van der Waals surface area (Å²) in [5, 5.41) is 0. The van der Waals surface area contributed by atoms with E-state index >= 15 is 0 Å². The number of hydrogen-bond acceptors (Lipinski definition) is 4. The molecule has 1 saturated heterocycles. The molecule has 0 unspecified atom stereocenters. The molecule has 1 atom stereocenters. The topological polar surface area (TPSA) is 55.8 Å². The van der Waals surface area contributed by atoms with Gasteiger partial charge >= 0.3 is 12.1 Å². The first kappa shape index (κ1) is 14.4. The first-order valence-electron chi connectivity index (χ1n) is 6.83. The van der Waals surface area contributed by atoms with Gasteiger partial charge in [-0.05, 0) is 18.9 Å². The van der Waals surface area contributed by atoms with Gasteiger partial charge in [0.1, 0.15) is 6.61 Å². The zero-order valence-electron chi connectivity index (χ0n) is 11.6. The molecule has 1 amide bonds. The van der Waals surface area contributed by atoms with Gasteiger partial charge in [-0.25, -0.2) is 4.79 Å². The van der Waals surface area contributed by atoms with Gasteiger partial charge in [0, 0.05) is 13.1 Å². The van der Waals surface area contributed by atoms with E-state index < -0.39 is 0 Å². The van der Waals surface area contributed by atoms with Crippen LogP contribution < -0.4 is 0 Å². The highest BCUT2D eigenvalue weighted by atomic mass is 16.6. The maximum atomic E-state index is 11.9. The smallest absolute Gasteiger partial charge is 0.410 e. The number of benzene rings is 1. The molecule has 2 rings (SSSR count). The summed E-state index contributed by atoms with van der Waals surface area (Å²) in [6, 6.07) is 9.51. The molecule has 1 aliphatic rings. The van der Waals surface area contributed by atoms with E-state index in [1.807, 2.05) is 30.3 Å². The van der Waals surface area contributed by atoms with Crippen LogP contribution in [0.25, 0.3) is 0 Å². The van der Waals surface area contributed by atoms with Crippen molar-refractivity contribution in [2.24, 2.45) is 5.92 Å². The second kappa shape index (κ2) is 6.93. The van der Waals surface area contributed by atoms with Crippen molar-refractivity contribution < 1.29 is 19.1 Å². The molecule has 1 aromatic carbocycles. The van der Waals surface area contributed by atoms with Crippen molar-refractivity contribution in [3.63, 3.8) is 0 Å². The van der Waals surface area contributed by atoms with Crippen molar-refractivity contribution in [2.75, 3.05) is 19.7 Å². The fourth-order valence-corrected chi connectivity index (χ4v) is 2.19. The van der Waals surface area contributed by atoms with Crippen LogP contribution in [0.1, 0.15) is 18.9 Å². The molecule has 0 aromatic heterocycles. The Hall–Kier alpha value is -2.04. The highest BCUT2D eigenvalue weighted by Gasteiger charge is 2.32. The molecule has 0 bridgehead atoms. The largest absolute Gasteiger partial charge is 0.466 e. The second-order valence-electron chi connectivity index (χ2n) is 4.72. The molecular weight excluding hydrogens is 258 g/mol. The monoisotopic (exact) mass is 277 g/mol. The van der Waals surface area contributed by atoms with E-state index in [4.69, 9.17) is 9.47 Å². The molecule has 1 heterocycles. The average molecular weight is 277 g/mol. The predicted octanol–water partition coefficient (Wildman–Crippen LogP) is 2.21. The molecule has 5 heteroatoms. The summed E-state index contributed by atoms with van der Waals surface area (Å²) in [4.78, 5) is 25.0. The SMILES string of the molecule is CCOC(=O)[C@H]1CCN(C(=O)OCc2ccccc2)C1. The van der Waals surface area contributed by atoms with Crippen molar-refractivity contribution in [3.05, 3.63) is 35.9 Å². The minimum atomic E-state index is -0.374. The van der Waals surface area contributed by atoms with Crippen LogP contribution >= 0.6 is 0 Å². The number of amides is 1. The minimum Gasteiger partial charge on any atom is -0.466 e. The quantitative estimate of drug-likeness (QED) is 0.792. The Labute approximate surface area is 118 Å². The molecule has 0 N–H and O–H groups in total. The van der Waals surface area contributed by atoms with Gasteiger partial charge in [0.25, 0.3) is 0 Å². The zero-order chi connectivity index (χ0) is 14.4. The summed E-state index contributed by atoms with van der Waals surface area (Å²) in [5.74, 6) is -0.454. The number of carbonyl (C=O) groups excluding carboxylic acids is 2. The molecule has 1 aliphatic heterocycles. The zero-order valence-corrected chi connectivity index (χ0v) is 11.6. The van der Waals surface area contributed by atoms with Crippen LogP contribution in [0.5, 0.6) is 0 Å². The van der Waals surface area contributed by atoms with Crippen molar-refractivity contribution in [2.45, 2.75) is 20.0 Å². The lowest BCUT2D eigenvalue weighted by molar-refractivity contribution is -0.147. The van der Waals surface area contributed by atoms with Crippen LogP contribution in [0.2, 0.25) is 0 Å². The Bertz CT molecular complexity index is 460. The van der Waals surface area contributed by atoms with E-state index in [-0.39, 0.29) is 24.6 Å². The number of esters is 1. The van der Waals surface area contributed by atoms with Crippen LogP contribution in [0, 0.1) is 5.92 Å². The van der Waals surface area contributed by atoms with Crippen LogP contribution in [-0.4, -0.2) is 36.7 Å². The van der Waals surface area contributed by atoms with Gasteiger partial charge in [-0.15, -0.1) is 0 Å². The number of nitrogens with zero attached hydrogens (tertiary/aromatic N) is 1. The van der Waals surface area contributed by atoms with Gasteiger partial charge < -0.3 is 14.4 Å². The second-order valence-corrected chi connectivity index (χ2v) is 4.72. The molecule has 1 aromatic rings. The third-order valence-corrected chi connectivity index (χ3v) is 3.27. The number of hydrogen-bond donors (Lipinski definition) is 0. The van der Waals surface area contributed by atoms with E-state index in [1.165, 1.54) is 0 Å².